The van der Waals surface area contributed by atoms with E-state index in [2.05, 4.69) is 10.3 Å². The first kappa shape index (κ1) is 40.7. The molecular formula is C39H42F6N6O5. The summed E-state index contributed by atoms with van der Waals surface area (Å²) in [4.78, 5) is 34.8. The number of aliphatic hydroxyl groups excluding tert-OH is 2. The predicted molar refractivity (Wildman–Crippen MR) is 191 cm³/mol. The van der Waals surface area contributed by atoms with Crippen LogP contribution in [0, 0.1) is 5.92 Å². The second kappa shape index (κ2) is 17.4. The monoisotopic (exact) mass is 788 g/mol. The van der Waals surface area contributed by atoms with Crippen molar-refractivity contribution in [2.75, 3.05) is 39.3 Å². The second-order valence-corrected chi connectivity index (χ2v) is 14.1. The van der Waals surface area contributed by atoms with Crippen LogP contribution >= 0.6 is 0 Å². The van der Waals surface area contributed by atoms with Gasteiger partial charge in [-0.1, -0.05) is 30.3 Å². The summed E-state index contributed by atoms with van der Waals surface area (Å²) in [5.74, 6) is -1.64. The zero-order valence-electron chi connectivity index (χ0n) is 30.1. The van der Waals surface area contributed by atoms with Gasteiger partial charge in [0.2, 0.25) is 11.8 Å². The van der Waals surface area contributed by atoms with Crippen LogP contribution in [0.25, 0.3) is 5.69 Å². The van der Waals surface area contributed by atoms with Gasteiger partial charge in [0.05, 0.1) is 17.7 Å². The van der Waals surface area contributed by atoms with E-state index in [-0.39, 0.29) is 45.6 Å². The third-order valence-corrected chi connectivity index (χ3v) is 9.90. The van der Waals surface area contributed by atoms with E-state index in [4.69, 9.17) is 4.74 Å². The van der Waals surface area contributed by atoms with E-state index in [9.17, 15) is 46.1 Å². The van der Waals surface area contributed by atoms with Gasteiger partial charge in [-0.25, -0.2) is 0 Å². The summed E-state index contributed by atoms with van der Waals surface area (Å²) in [6, 6.07) is 15.1. The molecule has 17 heteroatoms. The third-order valence-electron chi connectivity index (χ3n) is 9.90. The Bertz CT molecular complexity index is 1940. The zero-order valence-corrected chi connectivity index (χ0v) is 30.1. The Morgan fingerprint density at radius 3 is 2.54 bits per heavy atom. The fourth-order valence-corrected chi connectivity index (χ4v) is 7.14. The number of carbonyl (C=O) groups excluding carboxylic acids is 2. The van der Waals surface area contributed by atoms with Crippen molar-refractivity contribution in [3.8, 4) is 11.4 Å². The van der Waals surface area contributed by atoms with Crippen LogP contribution in [0.1, 0.15) is 34.7 Å². The minimum atomic E-state index is -4.66. The quantitative estimate of drug-likeness (QED) is 0.148. The normalized spacial score (nSPS) is 20.4. The molecule has 5 atom stereocenters. The van der Waals surface area contributed by atoms with Crippen LogP contribution in [0.15, 0.2) is 91.5 Å². The van der Waals surface area contributed by atoms with Gasteiger partial charge in [-0.3, -0.25) is 24.4 Å². The number of para-hydroxylation sites is 1. The Morgan fingerprint density at radius 1 is 0.982 bits per heavy atom. The number of hydrogen-bond acceptors (Lipinski definition) is 8. The van der Waals surface area contributed by atoms with E-state index in [0.29, 0.717) is 34.7 Å². The first-order chi connectivity index (χ1) is 26.6. The number of benzene rings is 2. The molecule has 4 N–H and O–H groups in total. The number of rotatable bonds is 13. The average Bonchev–Trinajstić information content (AvgIpc) is 3.63. The smallest absolute Gasteiger partial charge is 0.416 e. The first-order valence-electron chi connectivity index (χ1n) is 18.1. The largest absolute Gasteiger partial charge is 0.490 e. The number of aromatic nitrogens is 2. The molecule has 0 bridgehead atoms. The topological polar surface area (TPSA) is 132 Å². The fourth-order valence-electron chi connectivity index (χ4n) is 7.14. The summed E-state index contributed by atoms with van der Waals surface area (Å²) in [5, 5.41) is 27.1. The number of carbonyl (C=O) groups is 2. The van der Waals surface area contributed by atoms with E-state index in [0.717, 1.165) is 12.1 Å². The van der Waals surface area contributed by atoms with Gasteiger partial charge in [0.25, 0.3) is 0 Å². The number of hydrogen-bond donors (Lipinski definition) is 4. The Morgan fingerprint density at radius 2 is 1.79 bits per heavy atom. The number of pyridine rings is 1. The highest BCUT2D eigenvalue weighted by atomic mass is 19.4. The SMILES string of the molecule is O=C(N[C@H]1c2ccccc2OCC1O)[C@H](Cc1cccnc1)C[C@H](O)CN1CCN(Cc2ccn(-c3cccc(C(F)(F)F)c3)c2)C[C@H]1C(=O)NCC(F)(F)F. The highest BCUT2D eigenvalue weighted by Gasteiger charge is 2.38. The highest BCUT2D eigenvalue weighted by Crippen LogP contribution is 2.33. The highest BCUT2D eigenvalue weighted by molar-refractivity contribution is 5.82. The molecule has 2 aromatic carbocycles. The van der Waals surface area contributed by atoms with Crippen LogP contribution in [0.4, 0.5) is 26.3 Å². The van der Waals surface area contributed by atoms with Crippen molar-refractivity contribution in [2.45, 2.75) is 56.0 Å². The summed E-state index contributed by atoms with van der Waals surface area (Å²) in [6.45, 7) is -0.948. The van der Waals surface area contributed by atoms with Crippen LogP contribution in [-0.2, 0) is 28.7 Å². The van der Waals surface area contributed by atoms with Gasteiger partial charge in [0, 0.05) is 74.7 Å². The van der Waals surface area contributed by atoms with Crippen LogP contribution < -0.4 is 15.4 Å². The Hall–Kier alpha value is -4.97. The summed E-state index contributed by atoms with van der Waals surface area (Å²) < 4.78 is 86.5. The molecule has 1 unspecified atom stereocenters. The number of β-amino-alcohol motifs (C(OH)–C–C–N with tert-alkyl or cyclic N) is 1. The minimum Gasteiger partial charge on any atom is -0.490 e. The van der Waals surface area contributed by atoms with Crippen molar-refractivity contribution < 1.29 is 50.9 Å². The predicted octanol–water partition coefficient (Wildman–Crippen LogP) is 4.28. The van der Waals surface area contributed by atoms with Crippen molar-refractivity contribution >= 4 is 11.8 Å². The van der Waals surface area contributed by atoms with E-state index in [1.54, 1.807) is 72.2 Å². The van der Waals surface area contributed by atoms with Gasteiger partial charge in [0.15, 0.2) is 0 Å². The van der Waals surface area contributed by atoms with E-state index in [1.807, 2.05) is 10.2 Å². The van der Waals surface area contributed by atoms with E-state index in [1.165, 1.54) is 16.7 Å². The molecule has 4 aromatic rings. The maximum Gasteiger partial charge on any atom is 0.416 e. The molecule has 0 saturated carbocycles. The lowest BCUT2D eigenvalue weighted by molar-refractivity contribution is -0.143. The zero-order chi connectivity index (χ0) is 40.0. The Labute approximate surface area is 318 Å². The standard InChI is InChI=1S/C39H42F6N6O5/c40-38(41,42)24-47-37(55)32-22-49(19-26-10-12-50(20-26)29-7-3-6-28(17-29)39(43,44)45)13-14-51(32)21-30(52)16-27(15-25-5-4-11-46-18-25)36(54)48-35-31-8-1-2-9-34(31)56-23-33(35)53/h1-12,17-18,20,27,30,32-33,35,52-53H,13-16,19,21-24H2,(H,47,55)(H,48,54)/t27-,30+,32+,33?,35+/m1/s1. The maximum absolute atomic E-state index is 13.9. The van der Waals surface area contributed by atoms with Gasteiger partial charge in [-0.05, 0) is 60.4 Å². The van der Waals surface area contributed by atoms with Crippen LogP contribution in [0.2, 0.25) is 0 Å². The molecule has 1 saturated heterocycles. The lowest BCUT2D eigenvalue weighted by Crippen LogP contribution is -2.60. The van der Waals surface area contributed by atoms with Crippen molar-refractivity contribution in [2.24, 2.45) is 5.92 Å². The third kappa shape index (κ3) is 10.7. The number of alkyl halides is 6. The second-order valence-electron chi connectivity index (χ2n) is 14.1. The van der Waals surface area contributed by atoms with Gasteiger partial charge >= 0.3 is 12.4 Å². The lowest BCUT2D eigenvalue weighted by atomic mass is 9.91. The molecule has 11 nitrogen and oxygen atoms in total. The van der Waals surface area contributed by atoms with Crippen molar-refractivity contribution in [3.05, 3.63) is 114 Å². The summed E-state index contributed by atoms with van der Waals surface area (Å²) in [5.41, 5.74) is 1.50. The molecule has 0 spiro atoms. The number of nitrogens with zero attached hydrogens (tertiary/aromatic N) is 4. The van der Waals surface area contributed by atoms with Crippen molar-refractivity contribution in [1.29, 1.82) is 0 Å². The van der Waals surface area contributed by atoms with Gasteiger partial charge in [-0.15, -0.1) is 0 Å². The number of aliphatic hydroxyl groups is 2. The van der Waals surface area contributed by atoms with E-state index >= 15 is 0 Å². The summed E-state index contributed by atoms with van der Waals surface area (Å²) in [7, 11) is 0. The Balaban J connectivity index is 1.15. The fraction of sp³-hybridized carbons (Fsp3) is 0.410. The molecule has 1 fully saturated rings. The van der Waals surface area contributed by atoms with Crippen LogP contribution in [0.3, 0.4) is 0 Å². The molecule has 2 aromatic heterocycles. The van der Waals surface area contributed by atoms with E-state index < -0.39 is 66.5 Å². The van der Waals surface area contributed by atoms with Crippen LogP contribution in [-0.4, -0.2) is 105 Å². The van der Waals surface area contributed by atoms with Crippen molar-refractivity contribution in [1.82, 2.24) is 30.0 Å². The summed E-state index contributed by atoms with van der Waals surface area (Å²) >= 11 is 0. The molecule has 56 heavy (non-hydrogen) atoms. The number of nitrogens with one attached hydrogen (secondary N) is 2. The molecule has 4 heterocycles. The lowest BCUT2D eigenvalue weighted by Gasteiger charge is -2.41. The molecular weight excluding hydrogens is 746 g/mol. The Kier molecular flexibility index (Phi) is 12.7. The molecule has 6 rings (SSSR count). The number of amides is 2. The summed E-state index contributed by atoms with van der Waals surface area (Å²) in [6.07, 6.45) is -4.88. The molecule has 2 aliphatic heterocycles. The minimum absolute atomic E-state index is 0.00814. The number of fused-ring (bicyclic) bond motifs is 1. The van der Waals surface area contributed by atoms with Crippen LogP contribution in [0.5, 0.6) is 5.75 Å². The number of halogens is 6. The molecule has 0 radical (unpaired) electrons. The molecule has 300 valence electrons. The number of piperazine rings is 1. The van der Waals surface area contributed by atoms with Crippen molar-refractivity contribution in [3.63, 3.8) is 0 Å². The molecule has 2 amide bonds. The van der Waals surface area contributed by atoms with Gasteiger partial charge < -0.3 is 30.2 Å². The first-order valence-corrected chi connectivity index (χ1v) is 18.1. The van der Waals surface area contributed by atoms with Gasteiger partial charge in [0.1, 0.15) is 31.0 Å². The maximum atomic E-state index is 13.9. The number of ether oxygens (including phenoxy) is 1. The molecule has 0 aliphatic carbocycles. The van der Waals surface area contributed by atoms with Gasteiger partial charge in [-0.2, -0.15) is 26.3 Å². The molecule has 2 aliphatic rings. The average molecular weight is 789 g/mol.